The Morgan fingerprint density at radius 3 is 2.78 bits per heavy atom. The smallest absolute Gasteiger partial charge is 0.232 e. The molecular formula is C22H25F2N3O4S. The van der Waals surface area contributed by atoms with Crippen LogP contribution in [0.25, 0.3) is 11.0 Å². The molecule has 2 heterocycles. The molecule has 7 nitrogen and oxygen atoms in total. The number of sulfonamides is 1. The number of anilines is 1. The standard InChI is InChI=1S/C22H25F2N3O4S/c1-3-9-32(29,30)27-18-7-6-17(23)20(21(18)24)19(28)11-14-10-16-15(5-4-8-31-2)13-26-22(16)25-12-14/h6-7,10,12-13,27H,3-5,8-9,11H2,1-2H3,(H,25,26). The third kappa shape index (κ3) is 5.49. The van der Waals surface area contributed by atoms with Gasteiger partial charge in [0, 0.05) is 37.9 Å². The minimum Gasteiger partial charge on any atom is -0.385 e. The van der Waals surface area contributed by atoms with Gasteiger partial charge in [0.05, 0.1) is 17.0 Å². The van der Waals surface area contributed by atoms with Crippen molar-refractivity contribution in [3.8, 4) is 0 Å². The highest BCUT2D eigenvalue weighted by Crippen LogP contribution is 2.25. The van der Waals surface area contributed by atoms with E-state index in [-0.39, 0.29) is 12.2 Å². The van der Waals surface area contributed by atoms with Crippen molar-refractivity contribution in [1.82, 2.24) is 9.97 Å². The van der Waals surface area contributed by atoms with E-state index in [1.54, 1.807) is 20.1 Å². The maximum atomic E-state index is 14.9. The molecule has 10 heteroatoms. The number of ketones is 1. The summed E-state index contributed by atoms with van der Waals surface area (Å²) in [4.78, 5) is 20.1. The van der Waals surface area contributed by atoms with E-state index in [2.05, 4.69) is 14.7 Å². The number of fused-ring (bicyclic) bond motifs is 1. The number of halogens is 2. The largest absolute Gasteiger partial charge is 0.385 e. The summed E-state index contributed by atoms with van der Waals surface area (Å²) in [5.41, 5.74) is 0.909. The number of aryl methyl sites for hydroxylation is 1. The molecule has 0 saturated heterocycles. The van der Waals surface area contributed by atoms with Gasteiger partial charge in [0.2, 0.25) is 10.0 Å². The highest BCUT2D eigenvalue weighted by Gasteiger charge is 2.23. The van der Waals surface area contributed by atoms with Crippen molar-refractivity contribution in [2.45, 2.75) is 32.6 Å². The predicted octanol–water partition coefficient (Wildman–Crippen LogP) is 4.00. The van der Waals surface area contributed by atoms with Gasteiger partial charge >= 0.3 is 0 Å². The maximum absolute atomic E-state index is 14.9. The summed E-state index contributed by atoms with van der Waals surface area (Å²) in [5, 5.41) is 0.827. The lowest BCUT2D eigenvalue weighted by Gasteiger charge is -2.11. The van der Waals surface area contributed by atoms with Crippen molar-refractivity contribution >= 4 is 32.5 Å². The summed E-state index contributed by atoms with van der Waals surface area (Å²) >= 11 is 0. The molecule has 0 radical (unpaired) electrons. The average molecular weight is 466 g/mol. The van der Waals surface area contributed by atoms with E-state index in [0.29, 0.717) is 24.2 Å². The highest BCUT2D eigenvalue weighted by atomic mass is 32.2. The van der Waals surface area contributed by atoms with Gasteiger partial charge in [-0.15, -0.1) is 0 Å². The number of hydrogen-bond acceptors (Lipinski definition) is 5. The molecule has 0 aliphatic heterocycles. The topological polar surface area (TPSA) is 101 Å². The molecule has 1 aromatic carbocycles. The van der Waals surface area contributed by atoms with Crippen LogP contribution >= 0.6 is 0 Å². The fourth-order valence-electron chi connectivity index (χ4n) is 3.46. The first-order chi connectivity index (χ1) is 15.3. The first-order valence-corrected chi connectivity index (χ1v) is 11.9. The van der Waals surface area contributed by atoms with Crippen molar-refractivity contribution in [2.75, 3.05) is 24.2 Å². The second-order valence-electron chi connectivity index (χ2n) is 7.45. The Hall–Kier alpha value is -2.85. The number of methoxy groups -OCH3 is 1. The zero-order valence-corrected chi connectivity index (χ0v) is 18.7. The summed E-state index contributed by atoms with van der Waals surface area (Å²) in [5.74, 6) is -3.32. The molecule has 0 unspecified atom stereocenters. The molecular weight excluding hydrogens is 440 g/mol. The minimum atomic E-state index is -3.80. The van der Waals surface area contributed by atoms with Gasteiger partial charge in [0.25, 0.3) is 0 Å². The van der Waals surface area contributed by atoms with Crippen LogP contribution in [0.3, 0.4) is 0 Å². The van der Waals surface area contributed by atoms with Gasteiger partial charge in [-0.05, 0) is 48.6 Å². The summed E-state index contributed by atoms with van der Waals surface area (Å²) in [6.45, 7) is 2.27. The van der Waals surface area contributed by atoms with Gasteiger partial charge in [-0.25, -0.2) is 22.2 Å². The molecule has 0 amide bonds. The van der Waals surface area contributed by atoms with Crippen LogP contribution in [0.4, 0.5) is 14.5 Å². The van der Waals surface area contributed by atoms with Gasteiger partial charge in [0.15, 0.2) is 11.6 Å². The third-order valence-electron chi connectivity index (χ3n) is 4.94. The van der Waals surface area contributed by atoms with Gasteiger partial charge in [-0.1, -0.05) is 6.92 Å². The molecule has 0 aliphatic rings. The summed E-state index contributed by atoms with van der Waals surface area (Å²) in [6.07, 6.45) is 4.90. The number of aromatic amines is 1. The first-order valence-electron chi connectivity index (χ1n) is 10.2. The third-order valence-corrected chi connectivity index (χ3v) is 6.42. The number of nitrogens with one attached hydrogen (secondary N) is 2. The quantitative estimate of drug-likeness (QED) is 0.329. The van der Waals surface area contributed by atoms with Crippen LogP contribution < -0.4 is 4.72 Å². The van der Waals surface area contributed by atoms with Gasteiger partial charge in [-0.3, -0.25) is 9.52 Å². The molecule has 3 aromatic rings. The van der Waals surface area contributed by atoms with Crippen LogP contribution in [-0.2, 0) is 27.6 Å². The number of Topliss-reactive ketones (excluding diaryl/α,β-unsaturated/α-hetero) is 1. The number of carbonyl (C=O) groups excluding carboxylic acids is 1. The maximum Gasteiger partial charge on any atom is 0.232 e. The van der Waals surface area contributed by atoms with Crippen molar-refractivity contribution in [1.29, 1.82) is 0 Å². The fourth-order valence-corrected chi connectivity index (χ4v) is 4.59. The molecule has 2 aromatic heterocycles. The molecule has 3 rings (SSSR count). The van der Waals surface area contributed by atoms with E-state index in [1.165, 1.54) is 6.20 Å². The number of nitrogens with zero attached hydrogens (tertiary/aromatic N) is 1. The van der Waals surface area contributed by atoms with Crippen molar-refractivity contribution in [3.05, 3.63) is 58.9 Å². The van der Waals surface area contributed by atoms with Crippen molar-refractivity contribution in [3.63, 3.8) is 0 Å². The molecule has 32 heavy (non-hydrogen) atoms. The Labute approximate surface area is 185 Å². The number of benzene rings is 1. The summed E-state index contributed by atoms with van der Waals surface area (Å²) in [7, 11) is -2.17. The van der Waals surface area contributed by atoms with Gasteiger partial charge in [0.1, 0.15) is 11.5 Å². The van der Waals surface area contributed by atoms with E-state index in [9.17, 15) is 22.0 Å². The summed E-state index contributed by atoms with van der Waals surface area (Å²) in [6, 6.07) is 3.61. The van der Waals surface area contributed by atoms with Gasteiger partial charge < -0.3 is 9.72 Å². The Bertz CT molecular complexity index is 1230. The Morgan fingerprint density at radius 1 is 1.28 bits per heavy atom. The Kier molecular flexibility index (Phi) is 7.57. The number of carbonyl (C=O) groups is 1. The van der Waals surface area contributed by atoms with Crippen LogP contribution in [0, 0.1) is 11.6 Å². The van der Waals surface area contributed by atoms with E-state index in [1.807, 2.05) is 6.20 Å². The molecule has 2 N–H and O–H groups in total. The number of hydrogen-bond donors (Lipinski definition) is 2. The van der Waals surface area contributed by atoms with E-state index in [0.717, 1.165) is 35.9 Å². The number of pyridine rings is 1. The lowest BCUT2D eigenvalue weighted by atomic mass is 10.0. The van der Waals surface area contributed by atoms with E-state index >= 15 is 0 Å². The van der Waals surface area contributed by atoms with Gasteiger partial charge in [-0.2, -0.15) is 0 Å². The molecule has 0 atom stereocenters. The highest BCUT2D eigenvalue weighted by molar-refractivity contribution is 7.92. The fraction of sp³-hybridized carbons (Fsp3) is 0.364. The monoisotopic (exact) mass is 465 g/mol. The van der Waals surface area contributed by atoms with Crippen LogP contribution in [-0.4, -0.2) is 43.6 Å². The minimum absolute atomic E-state index is 0.220. The normalized spacial score (nSPS) is 11.8. The Morgan fingerprint density at radius 2 is 2.06 bits per heavy atom. The first kappa shape index (κ1) is 23.8. The number of ether oxygens (including phenoxy) is 1. The number of rotatable bonds is 11. The Balaban J connectivity index is 1.86. The molecule has 172 valence electrons. The number of H-pyrrole nitrogens is 1. The molecule has 0 saturated carbocycles. The molecule has 0 aliphatic carbocycles. The zero-order valence-electron chi connectivity index (χ0n) is 17.9. The second-order valence-corrected chi connectivity index (χ2v) is 9.30. The molecule has 0 bridgehead atoms. The lowest BCUT2D eigenvalue weighted by Crippen LogP contribution is -2.19. The zero-order chi connectivity index (χ0) is 23.3. The predicted molar refractivity (Wildman–Crippen MR) is 118 cm³/mol. The van der Waals surface area contributed by atoms with Crippen LogP contribution in [0.2, 0.25) is 0 Å². The summed E-state index contributed by atoms with van der Waals surface area (Å²) < 4.78 is 60.3. The molecule has 0 fully saturated rings. The van der Waals surface area contributed by atoms with Crippen LogP contribution in [0.1, 0.15) is 41.3 Å². The second kappa shape index (κ2) is 10.2. The van der Waals surface area contributed by atoms with Crippen molar-refractivity contribution in [2.24, 2.45) is 0 Å². The van der Waals surface area contributed by atoms with Crippen LogP contribution in [0.15, 0.2) is 30.6 Å². The number of aromatic nitrogens is 2. The average Bonchev–Trinajstić information content (AvgIpc) is 3.13. The molecule has 0 spiro atoms. The van der Waals surface area contributed by atoms with E-state index in [4.69, 9.17) is 4.74 Å². The lowest BCUT2D eigenvalue weighted by molar-refractivity contribution is 0.0985. The van der Waals surface area contributed by atoms with E-state index < -0.39 is 38.7 Å². The SMILES string of the molecule is CCCS(=O)(=O)Nc1ccc(F)c(C(=O)Cc2cnc3[nH]cc(CCCOC)c3c2)c1F. The van der Waals surface area contributed by atoms with Crippen LogP contribution in [0.5, 0.6) is 0 Å². The van der Waals surface area contributed by atoms with Crippen molar-refractivity contribution < 1.29 is 26.7 Å².